The lowest BCUT2D eigenvalue weighted by Gasteiger charge is -2.09. The van der Waals surface area contributed by atoms with Gasteiger partial charge in [-0.15, -0.1) is 0 Å². The van der Waals surface area contributed by atoms with Gasteiger partial charge in [-0.1, -0.05) is 23.7 Å². The van der Waals surface area contributed by atoms with Crippen molar-refractivity contribution >= 4 is 17.3 Å². The van der Waals surface area contributed by atoms with Crippen LogP contribution in [-0.2, 0) is 6.54 Å². The molecule has 0 unspecified atom stereocenters. The Balaban J connectivity index is 1.70. The molecule has 0 bridgehead atoms. The van der Waals surface area contributed by atoms with E-state index in [2.05, 4.69) is 15.5 Å². The van der Waals surface area contributed by atoms with Crippen molar-refractivity contribution in [2.45, 2.75) is 6.54 Å². The number of halogens is 1. The molecule has 0 aliphatic carbocycles. The Hall–Kier alpha value is -2.53. The molecule has 3 rings (SSSR count). The van der Waals surface area contributed by atoms with Crippen LogP contribution in [0.25, 0.3) is 5.69 Å². The summed E-state index contributed by atoms with van der Waals surface area (Å²) in [6, 6.07) is 13.0. The highest BCUT2D eigenvalue weighted by Gasteiger charge is 2.05. The number of hydrogen-bond donors (Lipinski definition) is 2. The van der Waals surface area contributed by atoms with Crippen LogP contribution in [0.3, 0.4) is 0 Å². The van der Waals surface area contributed by atoms with Crippen molar-refractivity contribution in [2.24, 2.45) is 0 Å². The molecule has 1 heterocycles. The minimum Gasteiger partial charge on any atom is -0.506 e. The van der Waals surface area contributed by atoms with Crippen LogP contribution < -0.4 is 5.32 Å². The molecule has 3 aromatic rings. The van der Waals surface area contributed by atoms with Crippen LogP contribution in [0.15, 0.2) is 54.9 Å². The fourth-order valence-electron chi connectivity index (χ4n) is 1.96. The van der Waals surface area contributed by atoms with Gasteiger partial charge >= 0.3 is 0 Å². The summed E-state index contributed by atoms with van der Waals surface area (Å²) in [5.41, 5.74) is 2.57. The molecule has 0 saturated heterocycles. The molecule has 5 nitrogen and oxygen atoms in total. The van der Waals surface area contributed by atoms with E-state index >= 15 is 0 Å². The van der Waals surface area contributed by atoms with E-state index in [1.165, 1.54) is 0 Å². The quantitative estimate of drug-likeness (QED) is 0.776. The first-order chi connectivity index (χ1) is 10.2. The molecule has 0 spiro atoms. The molecule has 0 saturated carbocycles. The zero-order valence-corrected chi connectivity index (χ0v) is 11.8. The molecular weight excluding hydrogens is 288 g/mol. The molecule has 0 aliphatic rings. The van der Waals surface area contributed by atoms with Crippen molar-refractivity contribution in [3.8, 4) is 11.4 Å². The molecule has 0 fully saturated rings. The van der Waals surface area contributed by atoms with Crippen molar-refractivity contribution in [3.05, 3.63) is 65.4 Å². The monoisotopic (exact) mass is 300 g/mol. The number of benzene rings is 2. The lowest BCUT2D eigenvalue weighted by atomic mass is 10.2. The van der Waals surface area contributed by atoms with Crippen molar-refractivity contribution in [1.82, 2.24) is 15.0 Å². The zero-order valence-electron chi connectivity index (χ0n) is 11.1. The maximum absolute atomic E-state index is 9.85. The summed E-state index contributed by atoms with van der Waals surface area (Å²) < 4.78 is 0. The molecule has 21 heavy (non-hydrogen) atoms. The maximum Gasteiger partial charge on any atom is 0.139 e. The van der Waals surface area contributed by atoms with E-state index in [1.54, 1.807) is 23.3 Å². The van der Waals surface area contributed by atoms with Crippen LogP contribution in [0.4, 0.5) is 5.69 Å². The van der Waals surface area contributed by atoms with Crippen LogP contribution in [0.1, 0.15) is 5.56 Å². The summed E-state index contributed by atoms with van der Waals surface area (Å²) >= 11 is 5.88. The van der Waals surface area contributed by atoms with E-state index in [4.69, 9.17) is 11.6 Å². The minimum atomic E-state index is 0.115. The molecule has 0 atom stereocenters. The first kappa shape index (κ1) is 13.5. The van der Waals surface area contributed by atoms with Gasteiger partial charge in [0.1, 0.15) is 5.75 Å². The smallest absolute Gasteiger partial charge is 0.139 e. The SMILES string of the molecule is Oc1c(Cl)cccc1CNc1ccc(-n2nccn2)cc1. The Kier molecular flexibility index (Phi) is 3.75. The molecule has 0 amide bonds. The van der Waals surface area contributed by atoms with Gasteiger partial charge in [-0.3, -0.25) is 0 Å². The first-order valence-corrected chi connectivity index (χ1v) is 6.79. The predicted octanol–water partition coefficient (Wildman–Crippen LogP) is 3.24. The normalized spacial score (nSPS) is 10.5. The Morgan fingerprint density at radius 2 is 1.76 bits per heavy atom. The average Bonchev–Trinajstić information content (AvgIpc) is 3.04. The standard InChI is InChI=1S/C15H13ClN4O/c16-14-3-1-2-11(15(14)21)10-17-12-4-6-13(7-5-12)20-18-8-9-19-20/h1-9,17,21H,10H2. The van der Waals surface area contributed by atoms with Crippen LogP contribution >= 0.6 is 11.6 Å². The first-order valence-electron chi connectivity index (χ1n) is 6.41. The summed E-state index contributed by atoms with van der Waals surface area (Å²) in [7, 11) is 0. The van der Waals surface area contributed by atoms with Crippen molar-refractivity contribution < 1.29 is 5.11 Å². The number of nitrogens with zero attached hydrogens (tertiary/aromatic N) is 3. The Morgan fingerprint density at radius 1 is 1.05 bits per heavy atom. The molecule has 6 heteroatoms. The number of nitrogens with one attached hydrogen (secondary N) is 1. The average molecular weight is 301 g/mol. The number of phenols is 1. The van der Waals surface area contributed by atoms with Gasteiger partial charge in [0, 0.05) is 17.8 Å². The fourth-order valence-corrected chi connectivity index (χ4v) is 2.16. The Morgan fingerprint density at radius 3 is 2.48 bits per heavy atom. The highest BCUT2D eigenvalue weighted by Crippen LogP contribution is 2.27. The molecule has 0 radical (unpaired) electrons. The van der Waals surface area contributed by atoms with Crippen molar-refractivity contribution in [1.29, 1.82) is 0 Å². The fraction of sp³-hybridized carbons (Fsp3) is 0.0667. The maximum atomic E-state index is 9.85. The van der Waals surface area contributed by atoms with E-state index in [0.29, 0.717) is 11.6 Å². The second kappa shape index (κ2) is 5.85. The highest BCUT2D eigenvalue weighted by atomic mass is 35.5. The third-order valence-electron chi connectivity index (χ3n) is 3.07. The van der Waals surface area contributed by atoms with Crippen LogP contribution in [0, 0.1) is 0 Å². The zero-order chi connectivity index (χ0) is 14.7. The number of aromatic nitrogens is 3. The highest BCUT2D eigenvalue weighted by molar-refractivity contribution is 6.32. The predicted molar refractivity (Wildman–Crippen MR) is 81.8 cm³/mol. The van der Waals surface area contributed by atoms with Crippen LogP contribution in [0.5, 0.6) is 5.75 Å². The van der Waals surface area contributed by atoms with Gasteiger partial charge in [0.05, 0.1) is 23.1 Å². The third-order valence-corrected chi connectivity index (χ3v) is 3.38. The number of phenolic OH excluding ortho intramolecular Hbond substituents is 1. The van der Waals surface area contributed by atoms with Gasteiger partial charge in [-0.05, 0) is 30.3 Å². The largest absolute Gasteiger partial charge is 0.506 e. The lowest BCUT2D eigenvalue weighted by molar-refractivity contribution is 0.469. The molecule has 106 valence electrons. The summed E-state index contributed by atoms with van der Waals surface area (Å²) in [6.45, 7) is 0.492. The minimum absolute atomic E-state index is 0.115. The van der Waals surface area contributed by atoms with Gasteiger partial charge in [0.2, 0.25) is 0 Å². The number of anilines is 1. The second-order valence-electron chi connectivity index (χ2n) is 4.47. The van der Waals surface area contributed by atoms with E-state index in [1.807, 2.05) is 36.4 Å². The van der Waals surface area contributed by atoms with Crippen molar-refractivity contribution in [3.63, 3.8) is 0 Å². The molecular formula is C15H13ClN4O. The molecule has 2 aromatic carbocycles. The summed E-state index contributed by atoms with van der Waals surface area (Å²) in [5.74, 6) is 0.115. The topological polar surface area (TPSA) is 63.0 Å². The van der Waals surface area contributed by atoms with E-state index in [9.17, 15) is 5.11 Å². The van der Waals surface area contributed by atoms with Gasteiger partial charge in [-0.2, -0.15) is 15.0 Å². The summed E-state index contributed by atoms with van der Waals surface area (Å²) in [5, 5.41) is 21.6. The lowest BCUT2D eigenvalue weighted by Crippen LogP contribution is -2.01. The molecule has 1 aromatic heterocycles. The Bertz CT molecular complexity index is 726. The number of rotatable bonds is 4. The second-order valence-corrected chi connectivity index (χ2v) is 4.87. The number of hydrogen-bond acceptors (Lipinski definition) is 4. The summed E-state index contributed by atoms with van der Waals surface area (Å²) in [4.78, 5) is 1.55. The van der Waals surface area contributed by atoms with Gasteiger partial charge in [0.25, 0.3) is 0 Å². The number of para-hydroxylation sites is 1. The van der Waals surface area contributed by atoms with Crippen molar-refractivity contribution in [2.75, 3.05) is 5.32 Å². The Labute approximate surface area is 126 Å². The molecule has 0 aliphatic heterocycles. The van der Waals surface area contributed by atoms with Crippen LogP contribution in [0.2, 0.25) is 5.02 Å². The van der Waals surface area contributed by atoms with Gasteiger partial charge < -0.3 is 10.4 Å². The van der Waals surface area contributed by atoms with Crippen LogP contribution in [-0.4, -0.2) is 20.1 Å². The third kappa shape index (κ3) is 2.98. The van der Waals surface area contributed by atoms with Gasteiger partial charge in [0.15, 0.2) is 0 Å². The summed E-state index contributed by atoms with van der Waals surface area (Å²) in [6.07, 6.45) is 3.27. The van der Waals surface area contributed by atoms with Gasteiger partial charge in [-0.25, -0.2) is 0 Å². The van der Waals surface area contributed by atoms with E-state index in [0.717, 1.165) is 16.9 Å². The van der Waals surface area contributed by atoms with E-state index < -0.39 is 0 Å². The molecule has 2 N–H and O–H groups in total. The van der Waals surface area contributed by atoms with E-state index in [-0.39, 0.29) is 5.75 Å². The number of aromatic hydroxyl groups is 1.